The Bertz CT molecular complexity index is 588. The number of rotatable bonds is 1. The topological polar surface area (TPSA) is 50.4 Å². The lowest BCUT2D eigenvalue weighted by Gasteiger charge is -2.22. The third-order valence-corrected chi connectivity index (χ3v) is 3.99. The van der Waals surface area contributed by atoms with Crippen LogP contribution in [-0.2, 0) is 0 Å². The van der Waals surface area contributed by atoms with Crippen LogP contribution in [0.4, 0.5) is 0 Å². The third-order valence-electron chi connectivity index (χ3n) is 3.99. The Hall–Kier alpha value is -1.84. The number of imidazole rings is 1. The molecule has 100 valence electrons. The predicted molar refractivity (Wildman–Crippen MR) is 75.7 cm³/mol. The van der Waals surface area contributed by atoms with Gasteiger partial charge in [-0.05, 0) is 31.4 Å². The van der Waals surface area contributed by atoms with Crippen LogP contribution in [-0.4, -0.2) is 20.5 Å². The highest BCUT2D eigenvalue weighted by molar-refractivity contribution is 5.89. The summed E-state index contributed by atoms with van der Waals surface area (Å²) in [7, 11) is 0. The molecule has 1 atom stereocenters. The van der Waals surface area contributed by atoms with Crippen LogP contribution in [0.25, 0.3) is 11.0 Å². The van der Waals surface area contributed by atoms with Gasteiger partial charge in [0, 0.05) is 0 Å². The second kappa shape index (κ2) is 5.43. The molecule has 1 N–H and O–H groups in total. The molecule has 0 radical (unpaired) electrons. The van der Waals surface area contributed by atoms with Gasteiger partial charge in [0.15, 0.2) is 0 Å². The second-order valence-corrected chi connectivity index (χ2v) is 5.20. The van der Waals surface area contributed by atoms with Crippen molar-refractivity contribution >= 4 is 16.7 Å². The Balaban J connectivity index is 2.01. The molecule has 1 fully saturated rings. The Morgan fingerprint density at radius 3 is 2.89 bits per heavy atom. The molecule has 0 saturated heterocycles. The number of aromatic nitrogens is 2. The predicted octanol–water partition coefficient (Wildman–Crippen LogP) is 3.76. The van der Waals surface area contributed by atoms with Crippen molar-refractivity contribution in [3.63, 3.8) is 0 Å². The molecule has 4 heteroatoms. The van der Waals surface area contributed by atoms with E-state index in [1.165, 1.54) is 19.3 Å². The van der Waals surface area contributed by atoms with E-state index < -0.39 is 0 Å². The Morgan fingerprint density at radius 1 is 1.16 bits per heavy atom. The fraction of sp³-hybridized carbons (Fsp3) is 0.467. The van der Waals surface area contributed by atoms with Gasteiger partial charge >= 0.3 is 0 Å². The van der Waals surface area contributed by atoms with Crippen molar-refractivity contribution in [2.45, 2.75) is 44.6 Å². The van der Waals surface area contributed by atoms with Gasteiger partial charge in [0.2, 0.25) is 0 Å². The van der Waals surface area contributed by atoms with Crippen LogP contribution < -0.4 is 0 Å². The van der Waals surface area contributed by atoms with Gasteiger partial charge in [0.1, 0.15) is 0 Å². The molecule has 1 aromatic carbocycles. The molecule has 1 aromatic heterocycles. The highest BCUT2D eigenvalue weighted by Crippen LogP contribution is 2.27. The molecule has 0 bridgehead atoms. The summed E-state index contributed by atoms with van der Waals surface area (Å²) < 4.78 is 2.16. The minimum absolute atomic E-state index is 0.151. The minimum atomic E-state index is 0.151. The van der Waals surface area contributed by atoms with Crippen molar-refractivity contribution < 1.29 is 5.21 Å². The van der Waals surface area contributed by atoms with Crippen LogP contribution in [0.3, 0.4) is 0 Å². The molecule has 4 nitrogen and oxygen atoms in total. The SMILES string of the molecule is O/N=C1\CCCCCCC1n1cnc2ccccc21. The maximum absolute atomic E-state index is 9.30. The molecule has 1 heterocycles. The number of nitrogens with zero attached hydrogens (tertiary/aromatic N) is 3. The molecule has 1 unspecified atom stereocenters. The highest BCUT2D eigenvalue weighted by atomic mass is 16.4. The maximum Gasteiger partial charge on any atom is 0.0964 e. The van der Waals surface area contributed by atoms with Crippen LogP contribution in [0.2, 0.25) is 0 Å². The van der Waals surface area contributed by atoms with Gasteiger partial charge < -0.3 is 9.77 Å². The minimum Gasteiger partial charge on any atom is -0.411 e. The molecule has 2 aromatic rings. The first-order valence-corrected chi connectivity index (χ1v) is 7.02. The highest BCUT2D eigenvalue weighted by Gasteiger charge is 2.21. The zero-order valence-corrected chi connectivity index (χ0v) is 11.0. The summed E-state index contributed by atoms with van der Waals surface area (Å²) in [5.41, 5.74) is 3.01. The third kappa shape index (κ3) is 2.35. The average molecular weight is 257 g/mol. The second-order valence-electron chi connectivity index (χ2n) is 5.20. The molecule has 0 spiro atoms. The quantitative estimate of drug-likeness (QED) is 0.624. The van der Waals surface area contributed by atoms with Gasteiger partial charge in [-0.15, -0.1) is 0 Å². The van der Waals surface area contributed by atoms with Crippen molar-refractivity contribution in [1.29, 1.82) is 0 Å². The normalized spacial score (nSPS) is 23.4. The van der Waals surface area contributed by atoms with Crippen molar-refractivity contribution in [2.75, 3.05) is 0 Å². The number of oxime groups is 1. The molecule has 19 heavy (non-hydrogen) atoms. The summed E-state index contributed by atoms with van der Waals surface area (Å²) in [6.45, 7) is 0. The van der Waals surface area contributed by atoms with E-state index >= 15 is 0 Å². The molecule has 0 aliphatic heterocycles. The van der Waals surface area contributed by atoms with Gasteiger partial charge in [-0.25, -0.2) is 4.98 Å². The largest absolute Gasteiger partial charge is 0.411 e. The van der Waals surface area contributed by atoms with E-state index in [1.54, 1.807) is 0 Å². The first-order chi connectivity index (χ1) is 9.40. The standard InChI is InChI=1S/C15H19N3O/c19-17-13-8-3-1-2-4-9-15(13)18-11-16-12-7-5-6-10-14(12)18/h5-7,10-11,15,19H,1-4,8-9H2/b17-13+. The van der Waals surface area contributed by atoms with E-state index in [4.69, 9.17) is 0 Å². The molecule has 1 aliphatic rings. The zero-order chi connectivity index (χ0) is 13.1. The molecular weight excluding hydrogens is 238 g/mol. The zero-order valence-electron chi connectivity index (χ0n) is 11.0. The summed E-state index contributed by atoms with van der Waals surface area (Å²) in [4.78, 5) is 4.44. The number of para-hydroxylation sites is 2. The van der Waals surface area contributed by atoms with Gasteiger partial charge in [0.25, 0.3) is 0 Å². The molecule has 0 amide bonds. The lowest BCUT2D eigenvalue weighted by molar-refractivity contribution is 0.310. The van der Waals surface area contributed by atoms with Crippen LogP contribution in [0, 0.1) is 0 Å². The van der Waals surface area contributed by atoms with Crippen LogP contribution in [0.5, 0.6) is 0 Å². The van der Waals surface area contributed by atoms with E-state index in [0.717, 1.165) is 36.0 Å². The van der Waals surface area contributed by atoms with Gasteiger partial charge in [0.05, 0.1) is 29.1 Å². The number of hydrogen-bond donors (Lipinski definition) is 1. The summed E-state index contributed by atoms with van der Waals surface area (Å²) in [6.07, 6.45) is 8.58. The Labute approximate surface area is 112 Å². The molecule has 3 rings (SSSR count). The maximum atomic E-state index is 9.30. The van der Waals surface area contributed by atoms with Crippen molar-refractivity contribution in [2.24, 2.45) is 5.16 Å². The fourth-order valence-corrected chi connectivity index (χ4v) is 2.97. The number of benzene rings is 1. The van der Waals surface area contributed by atoms with E-state index in [9.17, 15) is 5.21 Å². The lowest BCUT2D eigenvalue weighted by Crippen LogP contribution is -2.20. The molecular formula is C15H19N3O. The fourth-order valence-electron chi connectivity index (χ4n) is 2.97. The summed E-state index contributed by atoms with van der Waals surface area (Å²) >= 11 is 0. The summed E-state index contributed by atoms with van der Waals surface area (Å²) in [5.74, 6) is 0. The lowest BCUT2D eigenvalue weighted by atomic mass is 9.94. The number of hydrogen-bond acceptors (Lipinski definition) is 3. The van der Waals surface area contributed by atoms with E-state index in [-0.39, 0.29) is 6.04 Å². The average Bonchev–Trinajstić information content (AvgIpc) is 2.83. The van der Waals surface area contributed by atoms with Crippen molar-refractivity contribution in [1.82, 2.24) is 9.55 Å². The Morgan fingerprint density at radius 2 is 2.00 bits per heavy atom. The van der Waals surface area contributed by atoms with Crippen LogP contribution in [0.1, 0.15) is 44.6 Å². The molecule has 1 saturated carbocycles. The van der Waals surface area contributed by atoms with Crippen molar-refractivity contribution in [3.8, 4) is 0 Å². The molecule has 1 aliphatic carbocycles. The van der Waals surface area contributed by atoms with E-state index in [2.05, 4.69) is 20.8 Å². The smallest absolute Gasteiger partial charge is 0.0964 e. The Kier molecular flexibility index (Phi) is 3.49. The van der Waals surface area contributed by atoms with Crippen molar-refractivity contribution in [3.05, 3.63) is 30.6 Å². The van der Waals surface area contributed by atoms with Gasteiger partial charge in [-0.3, -0.25) is 0 Å². The van der Waals surface area contributed by atoms with Gasteiger partial charge in [-0.2, -0.15) is 0 Å². The number of fused-ring (bicyclic) bond motifs is 1. The monoisotopic (exact) mass is 257 g/mol. The van der Waals surface area contributed by atoms with Gasteiger partial charge in [-0.1, -0.05) is 36.6 Å². The first kappa shape index (κ1) is 12.2. The summed E-state index contributed by atoms with van der Waals surface area (Å²) in [6, 6.07) is 8.27. The van der Waals surface area contributed by atoms with Crippen LogP contribution >= 0.6 is 0 Å². The first-order valence-electron chi connectivity index (χ1n) is 7.02. The van der Waals surface area contributed by atoms with Crippen LogP contribution in [0.15, 0.2) is 35.7 Å². The summed E-state index contributed by atoms with van der Waals surface area (Å²) in [5, 5.41) is 12.9. The van der Waals surface area contributed by atoms with E-state index in [0.29, 0.717) is 0 Å². The van der Waals surface area contributed by atoms with E-state index in [1.807, 2.05) is 24.5 Å².